The van der Waals surface area contributed by atoms with Crippen molar-refractivity contribution in [1.82, 2.24) is 0 Å². The zero-order valence-corrected chi connectivity index (χ0v) is 15.2. The minimum absolute atomic E-state index is 0.266. The number of rotatable bonds is 10. The minimum Gasteiger partial charge on any atom is -0.461 e. The van der Waals surface area contributed by atoms with Gasteiger partial charge >= 0.3 is 5.97 Å². The quantitative estimate of drug-likeness (QED) is 0.443. The highest BCUT2D eigenvalue weighted by molar-refractivity contribution is 8.02. The molecular formula is C20H22O2S2. The maximum absolute atomic E-state index is 11.3. The van der Waals surface area contributed by atoms with Gasteiger partial charge in [-0.2, -0.15) is 11.8 Å². The van der Waals surface area contributed by atoms with Crippen LogP contribution in [0.2, 0.25) is 0 Å². The van der Waals surface area contributed by atoms with Crippen molar-refractivity contribution in [2.75, 3.05) is 12.4 Å². The van der Waals surface area contributed by atoms with Crippen LogP contribution in [0.15, 0.2) is 73.3 Å². The van der Waals surface area contributed by atoms with Gasteiger partial charge in [-0.05, 0) is 11.1 Å². The number of benzene rings is 2. The molecule has 0 aliphatic heterocycles. The highest BCUT2D eigenvalue weighted by Crippen LogP contribution is 2.23. The summed E-state index contributed by atoms with van der Waals surface area (Å²) in [6.07, 6.45) is 1.22. The molecule has 0 aromatic heterocycles. The molecule has 1 atom stereocenters. The van der Waals surface area contributed by atoms with Gasteiger partial charge in [0.25, 0.3) is 0 Å². The van der Waals surface area contributed by atoms with Crippen molar-refractivity contribution in [2.45, 2.75) is 16.8 Å². The lowest BCUT2D eigenvalue weighted by Crippen LogP contribution is -2.18. The van der Waals surface area contributed by atoms with Crippen molar-refractivity contribution in [3.05, 3.63) is 84.4 Å². The molecular weight excluding hydrogens is 336 g/mol. The van der Waals surface area contributed by atoms with Crippen LogP contribution < -0.4 is 0 Å². The first-order valence-corrected chi connectivity index (χ1v) is 10.0. The lowest BCUT2D eigenvalue weighted by molar-refractivity contribution is -0.137. The number of hydrogen-bond acceptors (Lipinski definition) is 4. The molecule has 126 valence electrons. The van der Waals surface area contributed by atoms with Gasteiger partial charge in [-0.1, -0.05) is 67.2 Å². The Labute approximate surface area is 152 Å². The monoisotopic (exact) mass is 358 g/mol. The fraction of sp³-hybridized carbons (Fsp3) is 0.250. The Kier molecular flexibility index (Phi) is 8.56. The molecule has 0 amide bonds. The third-order valence-electron chi connectivity index (χ3n) is 3.32. The molecule has 0 fully saturated rings. The summed E-state index contributed by atoms with van der Waals surface area (Å²) >= 11 is 3.70. The second-order valence-electron chi connectivity index (χ2n) is 5.25. The number of esters is 1. The van der Waals surface area contributed by atoms with Gasteiger partial charge in [-0.25, -0.2) is 4.79 Å². The van der Waals surface area contributed by atoms with Gasteiger partial charge in [0.15, 0.2) is 0 Å². The van der Waals surface area contributed by atoms with E-state index in [1.165, 1.54) is 17.2 Å². The van der Waals surface area contributed by atoms with Crippen molar-refractivity contribution in [1.29, 1.82) is 0 Å². The van der Waals surface area contributed by atoms with Gasteiger partial charge < -0.3 is 4.74 Å². The van der Waals surface area contributed by atoms with E-state index in [1.807, 2.05) is 47.8 Å². The number of ether oxygens (including phenoxy) is 1. The molecule has 1 unspecified atom stereocenters. The predicted octanol–water partition coefficient (Wildman–Crippen LogP) is 4.95. The molecule has 2 aromatic rings. The van der Waals surface area contributed by atoms with E-state index in [-0.39, 0.29) is 11.2 Å². The first-order valence-electron chi connectivity index (χ1n) is 7.84. The number of carbonyl (C=O) groups is 1. The zero-order chi connectivity index (χ0) is 17.0. The van der Waals surface area contributed by atoms with Crippen LogP contribution in [0.4, 0.5) is 0 Å². The molecule has 2 rings (SSSR count). The summed E-state index contributed by atoms with van der Waals surface area (Å²) in [5.41, 5.74) is 2.60. The summed E-state index contributed by atoms with van der Waals surface area (Å²) < 4.78 is 5.25. The third-order valence-corrected chi connectivity index (χ3v) is 5.98. The van der Waals surface area contributed by atoms with E-state index in [4.69, 9.17) is 4.74 Å². The second kappa shape index (κ2) is 11.0. The van der Waals surface area contributed by atoms with Crippen LogP contribution in [-0.4, -0.2) is 23.6 Å². The van der Waals surface area contributed by atoms with Crippen molar-refractivity contribution in [3.8, 4) is 0 Å². The maximum Gasteiger partial charge on any atom is 0.330 e. The zero-order valence-electron chi connectivity index (χ0n) is 13.6. The van der Waals surface area contributed by atoms with Gasteiger partial charge in [0.2, 0.25) is 0 Å². The first-order chi connectivity index (χ1) is 11.8. The minimum atomic E-state index is -0.353. The standard InChI is InChI=1S/C20H22O2S2/c1-2-20(21)22-13-19(24-15-18-11-7-4-8-12-18)16-23-14-17-9-5-3-6-10-17/h2-12,19H,1,13-16H2. The highest BCUT2D eigenvalue weighted by Gasteiger charge is 2.12. The first kappa shape index (κ1) is 18.7. The average Bonchev–Trinajstić information content (AvgIpc) is 2.65. The van der Waals surface area contributed by atoms with Gasteiger partial charge in [-0.3, -0.25) is 0 Å². The smallest absolute Gasteiger partial charge is 0.330 e. The number of thioether (sulfide) groups is 2. The van der Waals surface area contributed by atoms with Crippen LogP contribution in [-0.2, 0) is 21.0 Å². The van der Waals surface area contributed by atoms with Crippen molar-refractivity contribution in [2.24, 2.45) is 0 Å². The van der Waals surface area contributed by atoms with Crippen LogP contribution in [0.1, 0.15) is 11.1 Å². The van der Waals surface area contributed by atoms with E-state index < -0.39 is 0 Å². The van der Waals surface area contributed by atoms with Crippen LogP contribution in [0.5, 0.6) is 0 Å². The topological polar surface area (TPSA) is 26.3 Å². The van der Waals surface area contributed by atoms with Crippen LogP contribution in [0.3, 0.4) is 0 Å². The molecule has 0 N–H and O–H groups in total. The van der Waals surface area contributed by atoms with E-state index in [9.17, 15) is 4.79 Å². The molecule has 0 radical (unpaired) electrons. The number of carbonyl (C=O) groups excluding carboxylic acids is 1. The molecule has 0 heterocycles. The van der Waals surface area contributed by atoms with E-state index in [1.54, 1.807) is 0 Å². The van der Waals surface area contributed by atoms with Gasteiger partial charge in [0.05, 0.1) is 0 Å². The highest BCUT2D eigenvalue weighted by atomic mass is 32.2. The molecule has 4 heteroatoms. The molecule has 0 saturated carbocycles. The molecule has 0 spiro atoms. The van der Waals surface area contributed by atoms with Crippen molar-refractivity contribution < 1.29 is 9.53 Å². The average molecular weight is 359 g/mol. The Morgan fingerprint density at radius 3 is 2.17 bits per heavy atom. The SMILES string of the molecule is C=CC(=O)OCC(CSCc1ccccc1)SCc1ccccc1. The Balaban J connectivity index is 1.82. The third kappa shape index (κ3) is 7.28. The molecule has 0 bridgehead atoms. The summed E-state index contributed by atoms with van der Waals surface area (Å²) in [6, 6.07) is 20.8. The normalized spacial score (nSPS) is 11.7. The van der Waals surface area contributed by atoms with Gasteiger partial charge in [0.1, 0.15) is 6.61 Å². The van der Waals surface area contributed by atoms with Crippen molar-refractivity contribution >= 4 is 29.5 Å². The maximum atomic E-state index is 11.3. The number of hydrogen-bond donors (Lipinski definition) is 0. The molecule has 0 saturated heterocycles. The molecule has 2 aromatic carbocycles. The second-order valence-corrected chi connectivity index (χ2v) is 7.57. The van der Waals surface area contributed by atoms with E-state index in [0.717, 1.165) is 17.3 Å². The van der Waals surface area contributed by atoms with E-state index >= 15 is 0 Å². The summed E-state index contributed by atoms with van der Waals surface area (Å²) in [6.45, 7) is 3.87. The van der Waals surface area contributed by atoms with E-state index in [2.05, 4.69) is 43.0 Å². The van der Waals surface area contributed by atoms with Gasteiger partial charge in [0, 0.05) is 28.6 Å². The van der Waals surface area contributed by atoms with Crippen LogP contribution in [0, 0.1) is 0 Å². The molecule has 2 nitrogen and oxygen atoms in total. The van der Waals surface area contributed by atoms with Crippen LogP contribution in [0.25, 0.3) is 0 Å². The largest absolute Gasteiger partial charge is 0.461 e. The van der Waals surface area contributed by atoms with Crippen molar-refractivity contribution in [3.63, 3.8) is 0 Å². The Hall–Kier alpha value is -1.65. The Bertz CT molecular complexity index is 614. The fourth-order valence-electron chi connectivity index (χ4n) is 2.05. The molecule has 24 heavy (non-hydrogen) atoms. The summed E-state index contributed by atoms with van der Waals surface area (Å²) in [5.74, 6) is 2.48. The van der Waals surface area contributed by atoms with Crippen LogP contribution >= 0.6 is 23.5 Å². The van der Waals surface area contributed by atoms with E-state index in [0.29, 0.717) is 6.61 Å². The summed E-state index contributed by atoms with van der Waals surface area (Å²) in [4.78, 5) is 11.3. The summed E-state index contributed by atoms with van der Waals surface area (Å²) in [5, 5.41) is 0.266. The summed E-state index contributed by atoms with van der Waals surface area (Å²) in [7, 11) is 0. The fourth-order valence-corrected chi connectivity index (χ4v) is 4.41. The lowest BCUT2D eigenvalue weighted by atomic mass is 10.2. The molecule has 0 aliphatic rings. The molecule has 0 aliphatic carbocycles. The predicted molar refractivity (Wildman–Crippen MR) is 105 cm³/mol. The Morgan fingerprint density at radius 1 is 1.00 bits per heavy atom. The lowest BCUT2D eigenvalue weighted by Gasteiger charge is -2.16. The van der Waals surface area contributed by atoms with Gasteiger partial charge in [-0.15, -0.1) is 11.8 Å². The Morgan fingerprint density at radius 2 is 1.58 bits per heavy atom.